The van der Waals surface area contributed by atoms with Crippen LogP contribution in [0.15, 0.2) is 18.6 Å². The molecule has 5 heteroatoms. The van der Waals surface area contributed by atoms with Gasteiger partial charge in [-0.3, -0.25) is 0 Å². The van der Waals surface area contributed by atoms with Crippen molar-refractivity contribution in [2.24, 2.45) is 0 Å². The van der Waals surface area contributed by atoms with E-state index < -0.39 is 0 Å². The van der Waals surface area contributed by atoms with Gasteiger partial charge in [0.2, 0.25) is 0 Å². The fourth-order valence-electron chi connectivity index (χ4n) is 2.30. The molecule has 0 saturated heterocycles. The molecule has 0 unspecified atom stereocenters. The molecular formula is C11H13N4O. The summed E-state index contributed by atoms with van der Waals surface area (Å²) in [4.78, 5) is 8.21. The molecule has 16 heavy (non-hydrogen) atoms. The Hall–Kier alpha value is -1.62. The van der Waals surface area contributed by atoms with Gasteiger partial charge in [-0.15, -0.1) is 0 Å². The Morgan fingerprint density at radius 1 is 1.44 bits per heavy atom. The highest BCUT2D eigenvalue weighted by Gasteiger charge is 2.25. The third-order valence-electron chi connectivity index (χ3n) is 3.13. The van der Waals surface area contributed by atoms with Crippen LogP contribution in [0.25, 0.3) is 11.0 Å². The lowest BCUT2D eigenvalue weighted by Gasteiger charge is -2.12. The van der Waals surface area contributed by atoms with Gasteiger partial charge < -0.3 is 15.4 Å². The van der Waals surface area contributed by atoms with Crippen LogP contribution in [0.5, 0.6) is 0 Å². The van der Waals surface area contributed by atoms with E-state index in [9.17, 15) is 5.11 Å². The molecule has 0 aliphatic heterocycles. The second-order valence-electron chi connectivity index (χ2n) is 4.15. The monoisotopic (exact) mass is 217 g/mol. The van der Waals surface area contributed by atoms with Crippen molar-refractivity contribution in [2.45, 2.75) is 25.0 Å². The molecule has 1 fully saturated rings. The summed E-state index contributed by atoms with van der Waals surface area (Å²) < 4.78 is 2.07. The topological polar surface area (TPSA) is 77.0 Å². The zero-order valence-electron chi connectivity index (χ0n) is 8.74. The van der Waals surface area contributed by atoms with Crippen LogP contribution in [0.2, 0.25) is 0 Å². The van der Waals surface area contributed by atoms with Gasteiger partial charge in [-0.25, -0.2) is 9.97 Å². The molecule has 3 rings (SSSR count). The molecule has 3 N–H and O–H groups in total. The molecular weight excluding hydrogens is 204 g/mol. The number of aliphatic hydroxyl groups excluding tert-OH is 1. The molecule has 2 atom stereocenters. The van der Waals surface area contributed by atoms with Gasteiger partial charge in [0.25, 0.3) is 0 Å². The summed E-state index contributed by atoms with van der Waals surface area (Å²) in [5.41, 5.74) is 6.62. The number of rotatable bonds is 1. The maximum absolute atomic E-state index is 9.50. The zero-order valence-corrected chi connectivity index (χ0v) is 8.74. The number of nitrogens with zero attached hydrogens (tertiary/aromatic N) is 3. The number of hydrogen-bond donors (Lipinski definition) is 2. The molecule has 1 aliphatic carbocycles. The third-order valence-corrected chi connectivity index (χ3v) is 3.13. The van der Waals surface area contributed by atoms with Crippen LogP contribution in [0, 0.1) is 6.42 Å². The standard InChI is InChI=1S/C11H13N4O/c12-10-9-3-4-15(11(9)14-6-13-10)7-1-2-8(16)5-7/h2-4,6-8,16H,1,5H2,(H2,12,13,14)/t7-,8+/m1/s1. The summed E-state index contributed by atoms with van der Waals surface area (Å²) in [5.74, 6) is 0.506. The summed E-state index contributed by atoms with van der Waals surface area (Å²) in [6.07, 6.45) is 6.68. The second-order valence-corrected chi connectivity index (χ2v) is 4.15. The summed E-state index contributed by atoms with van der Waals surface area (Å²) >= 11 is 0. The smallest absolute Gasteiger partial charge is 0.145 e. The van der Waals surface area contributed by atoms with Gasteiger partial charge in [-0.1, -0.05) is 0 Å². The number of aliphatic hydroxyl groups is 1. The fourth-order valence-corrected chi connectivity index (χ4v) is 2.30. The van der Waals surface area contributed by atoms with Crippen molar-refractivity contribution in [3.05, 3.63) is 25.0 Å². The Morgan fingerprint density at radius 2 is 2.31 bits per heavy atom. The van der Waals surface area contributed by atoms with Crippen LogP contribution in [0.4, 0.5) is 5.82 Å². The first-order chi connectivity index (χ1) is 7.75. The van der Waals surface area contributed by atoms with E-state index in [1.54, 1.807) is 0 Å². The first-order valence-corrected chi connectivity index (χ1v) is 5.34. The molecule has 0 aromatic carbocycles. The van der Waals surface area contributed by atoms with E-state index >= 15 is 0 Å². The van der Waals surface area contributed by atoms with Gasteiger partial charge in [0.1, 0.15) is 17.8 Å². The van der Waals surface area contributed by atoms with Gasteiger partial charge in [0, 0.05) is 12.2 Å². The molecule has 2 aromatic rings. The number of anilines is 1. The van der Waals surface area contributed by atoms with E-state index in [1.807, 2.05) is 18.7 Å². The van der Waals surface area contributed by atoms with Crippen LogP contribution in [0.3, 0.4) is 0 Å². The van der Waals surface area contributed by atoms with Crippen molar-refractivity contribution in [1.29, 1.82) is 0 Å². The Labute approximate surface area is 92.9 Å². The third kappa shape index (κ3) is 1.36. The van der Waals surface area contributed by atoms with Gasteiger partial charge in [0.15, 0.2) is 0 Å². The highest BCUT2D eigenvalue weighted by Crippen LogP contribution is 2.32. The SMILES string of the molecule is Nc1ncnc2c1ccn2[C@@H]1C[CH][C@H](O)C1. The first-order valence-electron chi connectivity index (χ1n) is 5.34. The highest BCUT2D eigenvalue weighted by atomic mass is 16.3. The maximum Gasteiger partial charge on any atom is 0.145 e. The molecule has 1 radical (unpaired) electrons. The number of nitrogens with two attached hydrogens (primary N) is 1. The van der Waals surface area contributed by atoms with Gasteiger partial charge in [-0.05, 0) is 25.3 Å². The Kier molecular flexibility index (Phi) is 2.07. The highest BCUT2D eigenvalue weighted by molar-refractivity contribution is 5.86. The Bertz CT molecular complexity index is 522. The average molecular weight is 217 g/mol. The number of fused-ring (bicyclic) bond motifs is 1. The Balaban J connectivity index is 2.08. The lowest BCUT2D eigenvalue weighted by atomic mass is 10.2. The van der Waals surface area contributed by atoms with E-state index in [1.165, 1.54) is 6.33 Å². The van der Waals surface area contributed by atoms with Gasteiger partial charge >= 0.3 is 0 Å². The quantitative estimate of drug-likeness (QED) is 0.744. The maximum atomic E-state index is 9.50. The van der Waals surface area contributed by atoms with E-state index in [2.05, 4.69) is 14.5 Å². The van der Waals surface area contributed by atoms with Crippen molar-refractivity contribution < 1.29 is 5.11 Å². The molecule has 0 bridgehead atoms. The van der Waals surface area contributed by atoms with Crippen LogP contribution in [-0.2, 0) is 0 Å². The summed E-state index contributed by atoms with van der Waals surface area (Å²) in [6.45, 7) is 0. The van der Waals surface area contributed by atoms with E-state index in [0.29, 0.717) is 5.82 Å². The number of nitrogen functional groups attached to an aromatic ring is 1. The zero-order chi connectivity index (χ0) is 11.1. The van der Waals surface area contributed by atoms with E-state index in [0.717, 1.165) is 23.9 Å². The normalized spacial score (nSPS) is 25.3. The first kappa shape index (κ1) is 9.59. The Morgan fingerprint density at radius 3 is 3.06 bits per heavy atom. The van der Waals surface area contributed by atoms with Gasteiger partial charge in [0.05, 0.1) is 11.5 Å². The van der Waals surface area contributed by atoms with Crippen molar-refractivity contribution >= 4 is 16.9 Å². The van der Waals surface area contributed by atoms with E-state index in [-0.39, 0.29) is 12.1 Å². The molecule has 2 aromatic heterocycles. The minimum absolute atomic E-state index is 0.279. The van der Waals surface area contributed by atoms with Crippen molar-refractivity contribution in [1.82, 2.24) is 14.5 Å². The predicted molar refractivity (Wildman–Crippen MR) is 60.5 cm³/mol. The van der Waals surface area contributed by atoms with Crippen LogP contribution >= 0.6 is 0 Å². The van der Waals surface area contributed by atoms with Crippen LogP contribution in [0.1, 0.15) is 18.9 Å². The lowest BCUT2D eigenvalue weighted by Crippen LogP contribution is -2.07. The molecule has 5 nitrogen and oxygen atoms in total. The molecule has 2 heterocycles. The molecule has 0 amide bonds. The molecule has 83 valence electrons. The second kappa shape index (κ2) is 3.45. The van der Waals surface area contributed by atoms with Crippen LogP contribution < -0.4 is 5.73 Å². The number of hydrogen-bond acceptors (Lipinski definition) is 4. The predicted octanol–water partition coefficient (Wildman–Crippen LogP) is 0.914. The minimum atomic E-state index is -0.304. The molecule has 1 aliphatic rings. The van der Waals surface area contributed by atoms with E-state index in [4.69, 9.17) is 5.73 Å². The largest absolute Gasteiger partial charge is 0.393 e. The summed E-state index contributed by atoms with van der Waals surface area (Å²) in [7, 11) is 0. The summed E-state index contributed by atoms with van der Waals surface area (Å²) in [6, 6.07) is 2.21. The fraction of sp³-hybridized carbons (Fsp3) is 0.364. The minimum Gasteiger partial charge on any atom is -0.393 e. The average Bonchev–Trinajstić information content (AvgIpc) is 2.84. The molecule has 0 spiro atoms. The van der Waals surface area contributed by atoms with Crippen molar-refractivity contribution in [3.8, 4) is 0 Å². The molecule has 1 saturated carbocycles. The summed E-state index contributed by atoms with van der Waals surface area (Å²) in [5, 5.41) is 10.4. The number of aromatic nitrogens is 3. The van der Waals surface area contributed by atoms with Crippen LogP contribution in [-0.4, -0.2) is 25.7 Å². The lowest BCUT2D eigenvalue weighted by molar-refractivity contribution is 0.206. The van der Waals surface area contributed by atoms with Crippen molar-refractivity contribution in [3.63, 3.8) is 0 Å². The van der Waals surface area contributed by atoms with Gasteiger partial charge in [-0.2, -0.15) is 0 Å². The van der Waals surface area contributed by atoms with Crippen molar-refractivity contribution in [2.75, 3.05) is 5.73 Å².